The molecule has 0 amide bonds. The van der Waals surface area contributed by atoms with Gasteiger partial charge in [-0.3, -0.25) is 9.36 Å². The summed E-state index contributed by atoms with van der Waals surface area (Å²) in [5.74, 6) is 0. The third-order valence-corrected chi connectivity index (χ3v) is 4.48. The molecule has 0 saturated carbocycles. The molecule has 0 atom stereocenters. The Morgan fingerprint density at radius 2 is 1.90 bits per heavy atom. The van der Waals surface area contributed by atoms with Crippen LogP contribution in [0.25, 0.3) is 11.1 Å². The predicted octanol–water partition coefficient (Wildman–Crippen LogP) is 2.99. The van der Waals surface area contributed by atoms with Crippen molar-refractivity contribution in [1.29, 1.82) is 0 Å². The maximum atomic E-state index is 5.71. The summed E-state index contributed by atoms with van der Waals surface area (Å²) in [5, 5.41) is 8.82. The number of aromatic nitrogens is 4. The summed E-state index contributed by atoms with van der Waals surface area (Å²) in [6.07, 6.45) is 3.89. The van der Waals surface area contributed by atoms with Crippen LogP contribution >= 0.6 is 15.9 Å². The lowest BCUT2D eigenvalue weighted by Gasteiger charge is -2.03. The molecule has 0 spiro atoms. The van der Waals surface area contributed by atoms with Crippen LogP contribution in [0.1, 0.15) is 11.4 Å². The molecular weight excluding hydrogens is 330 g/mol. The van der Waals surface area contributed by atoms with Crippen molar-refractivity contribution in [2.75, 3.05) is 5.73 Å². The van der Waals surface area contributed by atoms with E-state index in [4.69, 9.17) is 5.73 Å². The van der Waals surface area contributed by atoms with Crippen LogP contribution in [0, 0.1) is 6.92 Å². The van der Waals surface area contributed by atoms with Gasteiger partial charge in [0.25, 0.3) is 0 Å². The van der Waals surface area contributed by atoms with Crippen LogP contribution in [-0.2, 0) is 13.6 Å². The standard InChI is InChI=1S/C15H16BrN5/c1-10-15(16)14(20(2)19-10)9-21-8-12(7-18-21)11-3-5-13(17)6-4-11/h3-8H,9,17H2,1-2H3. The average molecular weight is 346 g/mol. The normalized spacial score (nSPS) is 11.0. The number of halogens is 1. The summed E-state index contributed by atoms with van der Waals surface area (Å²) in [5.41, 5.74) is 10.7. The molecule has 0 aliphatic rings. The lowest BCUT2D eigenvalue weighted by molar-refractivity contribution is 0.617. The highest BCUT2D eigenvalue weighted by molar-refractivity contribution is 9.10. The Kier molecular flexibility index (Phi) is 3.55. The van der Waals surface area contributed by atoms with E-state index in [1.54, 1.807) is 0 Å². The van der Waals surface area contributed by atoms with Gasteiger partial charge in [0.05, 0.1) is 28.6 Å². The second-order valence-corrected chi connectivity index (χ2v) is 5.81. The first kappa shape index (κ1) is 13.9. The van der Waals surface area contributed by atoms with E-state index in [9.17, 15) is 0 Å². The van der Waals surface area contributed by atoms with Crippen LogP contribution < -0.4 is 5.73 Å². The van der Waals surface area contributed by atoms with Crippen LogP contribution in [-0.4, -0.2) is 19.6 Å². The van der Waals surface area contributed by atoms with Crippen LogP contribution in [0.5, 0.6) is 0 Å². The Labute approximate surface area is 131 Å². The van der Waals surface area contributed by atoms with Crippen LogP contribution in [0.2, 0.25) is 0 Å². The molecule has 108 valence electrons. The van der Waals surface area contributed by atoms with E-state index in [-0.39, 0.29) is 0 Å². The van der Waals surface area contributed by atoms with Gasteiger partial charge in [-0.25, -0.2) is 0 Å². The maximum absolute atomic E-state index is 5.71. The molecule has 2 heterocycles. The van der Waals surface area contributed by atoms with E-state index in [0.717, 1.165) is 32.7 Å². The Morgan fingerprint density at radius 3 is 2.52 bits per heavy atom. The molecule has 0 fully saturated rings. The van der Waals surface area contributed by atoms with E-state index in [1.165, 1.54) is 0 Å². The van der Waals surface area contributed by atoms with Crippen molar-refractivity contribution in [3.63, 3.8) is 0 Å². The van der Waals surface area contributed by atoms with Crippen molar-refractivity contribution in [2.24, 2.45) is 7.05 Å². The SMILES string of the molecule is Cc1nn(C)c(Cn2cc(-c3ccc(N)cc3)cn2)c1Br. The number of anilines is 1. The van der Waals surface area contributed by atoms with E-state index >= 15 is 0 Å². The van der Waals surface area contributed by atoms with Gasteiger partial charge in [0.2, 0.25) is 0 Å². The number of aryl methyl sites for hydroxylation is 2. The number of nitrogens with two attached hydrogens (primary N) is 1. The molecule has 0 aliphatic carbocycles. The van der Waals surface area contributed by atoms with E-state index in [1.807, 2.05) is 60.0 Å². The fourth-order valence-corrected chi connectivity index (χ4v) is 2.74. The molecule has 2 aromatic heterocycles. The number of benzene rings is 1. The van der Waals surface area contributed by atoms with Gasteiger partial charge < -0.3 is 5.73 Å². The Morgan fingerprint density at radius 1 is 1.19 bits per heavy atom. The van der Waals surface area contributed by atoms with E-state index < -0.39 is 0 Å². The van der Waals surface area contributed by atoms with Crippen molar-refractivity contribution in [2.45, 2.75) is 13.5 Å². The molecule has 0 radical (unpaired) electrons. The number of hydrogen-bond donors (Lipinski definition) is 1. The van der Waals surface area contributed by atoms with E-state index in [2.05, 4.69) is 26.1 Å². The van der Waals surface area contributed by atoms with Crippen molar-refractivity contribution in [3.8, 4) is 11.1 Å². The van der Waals surface area contributed by atoms with Gasteiger partial charge in [0.1, 0.15) is 0 Å². The molecule has 0 saturated heterocycles. The molecule has 3 aromatic rings. The van der Waals surface area contributed by atoms with Crippen LogP contribution in [0.4, 0.5) is 5.69 Å². The molecule has 5 nitrogen and oxygen atoms in total. The molecule has 6 heteroatoms. The molecule has 0 bridgehead atoms. The molecule has 2 N–H and O–H groups in total. The number of nitrogen functional groups attached to an aromatic ring is 1. The molecule has 1 aromatic carbocycles. The lowest BCUT2D eigenvalue weighted by Crippen LogP contribution is -2.06. The summed E-state index contributed by atoms with van der Waals surface area (Å²) in [6, 6.07) is 7.79. The van der Waals surface area contributed by atoms with Crippen LogP contribution in [0.15, 0.2) is 41.1 Å². The number of hydrogen-bond acceptors (Lipinski definition) is 3. The third-order valence-electron chi connectivity index (χ3n) is 3.45. The summed E-state index contributed by atoms with van der Waals surface area (Å²) in [6.45, 7) is 2.66. The third kappa shape index (κ3) is 2.71. The molecule has 0 unspecified atom stereocenters. The molecule has 21 heavy (non-hydrogen) atoms. The molecule has 0 aliphatic heterocycles. The van der Waals surface area contributed by atoms with Crippen molar-refractivity contribution >= 4 is 21.6 Å². The summed E-state index contributed by atoms with van der Waals surface area (Å²) < 4.78 is 4.83. The summed E-state index contributed by atoms with van der Waals surface area (Å²) in [4.78, 5) is 0. The van der Waals surface area contributed by atoms with Gasteiger partial charge in [-0.15, -0.1) is 0 Å². The molecular formula is C15H16BrN5. The lowest BCUT2D eigenvalue weighted by atomic mass is 10.1. The Hall–Kier alpha value is -2.08. The zero-order valence-electron chi connectivity index (χ0n) is 11.9. The van der Waals surface area contributed by atoms with Gasteiger partial charge in [-0.1, -0.05) is 12.1 Å². The van der Waals surface area contributed by atoms with Gasteiger partial charge in [-0.05, 0) is 40.5 Å². The first-order valence-electron chi connectivity index (χ1n) is 6.61. The monoisotopic (exact) mass is 345 g/mol. The Bertz CT molecular complexity index is 770. The van der Waals surface area contributed by atoms with Gasteiger partial charge >= 0.3 is 0 Å². The first-order chi connectivity index (χ1) is 10.0. The highest BCUT2D eigenvalue weighted by Crippen LogP contribution is 2.23. The minimum absolute atomic E-state index is 0.674. The fourth-order valence-electron chi connectivity index (χ4n) is 2.28. The van der Waals surface area contributed by atoms with Crippen molar-refractivity contribution < 1.29 is 0 Å². The summed E-state index contributed by atoms with van der Waals surface area (Å²) >= 11 is 3.58. The predicted molar refractivity (Wildman–Crippen MR) is 86.8 cm³/mol. The zero-order valence-corrected chi connectivity index (χ0v) is 13.5. The van der Waals surface area contributed by atoms with Gasteiger partial charge in [-0.2, -0.15) is 10.2 Å². The second-order valence-electron chi connectivity index (χ2n) is 5.02. The second kappa shape index (κ2) is 5.37. The Balaban J connectivity index is 1.87. The molecule has 3 rings (SSSR count). The summed E-state index contributed by atoms with van der Waals surface area (Å²) in [7, 11) is 1.94. The number of rotatable bonds is 3. The van der Waals surface area contributed by atoms with E-state index in [0.29, 0.717) is 6.54 Å². The number of nitrogens with zero attached hydrogens (tertiary/aromatic N) is 4. The largest absolute Gasteiger partial charge is 0.399 e. The highest BCUT2D eigenvalue weighted by atomic mass is 79.9. The minimum atomic E-state index is 0.674. The van der Waals surface area contributed by atoms with Gasteiger partial charge in [0.15, 0.2) is 0 Å². The van der Waals surface area contributed by atoms with Crippen molar-refractivity contribution in [3.05, 3.63) is 52.5 Å². The first-order valence-corrected chi connectivity index (χ1v) is 7.40. The quantitative estimate of drug-likeness (QED) is 0.742. The highest BCUT2D eigenvalue weighted by Gasteiger charge is 2.12. The van der Waals surface area contributed by atoms with Crippen molar-refractivity contribution in [1.82, 2.24) is 19.6 Å². The fraction of sp³-hybridized carbons (Fsp3) is 0.200. The van der Waals surface area contributed by atoms with Crippen LogP contribution in [0.3, 0.4) is 0 Å². The van der Waals surface area contributed by atoms with Gasteiger partial charge in [0, 0.05) is 24.5 Å². The smallest absolute Gasteiger partial charge is 0.0839 e. The average Bonchev–Trinajstić information content (AvgIpc) is 3.01. The topological polar surface area (TPSA) is 61.7 Å². The zero-order chi connectivity index (χ0) is 15.0. The minimum Gasteiger partial charge on any atom is -0.399 e. The maximum Gasteiger partial charge on any atom is 0.0839 e.